The van der Waals surface area contributed by atoms with Crippen LogP contribution in [0.4, 0.5) is 10.7 Å². The number of hydrogen-bond donors (Lipinski definition) is 1. The summed E-state index contributed by atoms with van der Waals surface area (Å²) in [7, 11) is 3.07. The van der Waals surface area contributed by atoms with E-state index in [4.69, 9.17) is 9.47 Å². The summed E-state index contributed by atoms with van der Waals surface area (Å²) in [6, 6.07) is 7.70. The molecule has 4 nitrogen and oxygen atoms in total. The largest absolute Gasteiger partial charge is 0.495 e. The lowest BCUT2D eigenvalue weighted by Crippen LogP contribution is -2.09. The van der Waals surface area contributed by atoms with Crippen molar-refractivity contribution in [1.29, 1.82) is 0 Å². The molecule has 0 radical (unpaired) electrons. The van der Waals surface area contributed by atoms with Crippen LogP contribution < -0.4 is 10.1 Å². The lowest BCUT2D eigenvalue weighted by molar-refractivity contribution is 0.0601. The van der Waals surface area contributed by atoms with Crippen LogP contribution in [0, 0.1) is 0 Å². The molecule has 0 bridgehead atoms. The third kappa shape index (κ3) is 2.68. The standard InChI is InChI=1S/C17H19NO3S/c1-20-13-9-5-4-8-12(13)18-16-15(17(19)21-2)11-7-3-6-10-14(11)22-16/h4-5,8-9,18H,3,6-7,10H2,1-2H3. The molecule has 0 unspecified atom stereocenters. The predicted octanol–water partition coefficient (Wildman–Crippen LogP) is 4.17. The van der Waals surface area contributed by atoms with Crippen LogP contribution in [-0.4, -0.2) is 20.2 Å². The number of para-hydroxylation sites is 2. The van der Waals surface area contributed by atoms with Gasteiger partial charge in [0.1, 0.15) is 10.8 Å². The SMILES string of the molecule is COC(=O)c1c(Nc2ccccc2OC)sc2c1CCCC2. The number of esters is 1. The van der Waals surface area contributed by atoms with E-state index in [0.717, 1.165) is 41.3 Å². The van der Waals surface area contributed by atoms with Crippen molar-refractivity contribution in [3.05, 3.63) is 40.3 Å². The van der Waals surface area contributed by atoms with E-state index in [9.17, 15) is 4.79 Å². The zero-order valence-corrected chi connectivity index (χ0v) is 13.6. The van der Waals surface area contributed by atoms with Crippen LogP contribution in [0.2, 0.25) is 0 Å². The van der Waals surface area contributed by atoms with Crippen molar-refractivity contribution < 1.29 is 14.3 Å². The van der Waals surface area contributed by atoms with Gasteiger partial charge < -0.3 is 14.8 Å². The van der Waals surface area contributed by atoms with Crippen LogP contribution >= 0.6 is 11.3 Å². The molecule has 0 amide bonds. The third-order valence-corrected chi connectivity index (χ3v) is 5.12. The number of fused-ring (bicyclic) bond motifs is 1. The normalized spacial score (nSPS) is 13.4. The Hall–Kier alpha value is -2.01. The Morgan fingerprint density at radius 2 is 1.95 bits per heavy atom. The number of benzene rings is 1. The van der Waals surface area contributed by atoms with Gasteiger partial charge in [0.15, 0.2) is 0 Å². The van der Waals surface area contributed by atoms with Crippen LogP contribution in [0.5, 0.6) is 5.75 Å². The second kappa shape index (κ2) is 6.40. The average Bonchev–Trinajstić information content (AvgIpc) is 2.92. The highest BCUT2D eigenvalue weighted by atomic mass is 32.1. The molecule has 2 aromatic rings. The van der Waals surface area contributed by atoms with E-state index < -0.39 is 0 Å². The van der Waals surface area contributed by atoms with Gasteiger partial charge in [-0.05, 0) is 43.4 Å². The summed E-state index contributed by atoms with van der Waals surface area (Å²) in [5.74, 6) is 0.487. The molecule has 5 heteroatoms. The van der Waals surface area contributed by atoms with Gasteiger partial charge in [0.25, 0.3) is 0 Å². The maximum atomic E-state index is 12.2. The van der Waals surface area contributed by atoms with Crippen molar-refractivity contribution in [3.8, 4) is 5.75 Å². The number of carbonyl (C=O) groups excluding carboxylic acids is 1. The number of hydrogen-bond acceptors (Lipinski definition) is 5. The first-order chi connectivity index (χ1) is 10.7. The maximum absolute atomic E-state index is 12.2. The maximum Gasteiger partial charge on any atom is 0.341 e. The van der Waals surface area contributed by atoms with Crippen molar-refractivity contribution in [2.45, 2.75) is 25.7 Å². The number of carbonyl (C=O) groups is 1. The van der Waals surface area contributed by atoms with Crippen molar-refractivity contribution in [1.82, 2.24) is 0 Å². The van der Waals surface area contributed by atoms with E-state index >= 15 is 0 Å². The molecule has 1 aliphatic carbocycles. The quantitative estimate of drug-likeness (QED) is 0.860. The van der Waals surface area contributed by atoms with Gasteiger partial charge in [-0.25, -0.2) is 4.79 Å². The van der Waals surface area contributed by atoms with Gasteiger partial charge in [-0.3, -0.25) is 0 Å². The first-order valence-electron chi connectivity index (χ1n) is 7.37. The van der Waals surface area contributed by atoms with Gasteiger partial charge in [0.2, 0.25) is 0 Å². The monoisotopic (exact) mass is 317 g/mol. The molecule has 116 valence electrons. The third-order valence-electron chi connectivity index (χ3n) is 3.92. The minimum absolute atomic E-state index is 0.267. The van der Waals surface area contributed by atoms with Gasteiger partial charge in [0, 0.05) is 4.88 Å². The first-order valence-corrected chi connectivity index (χ1v) is 8.19. The highest BCUT2D eigenvalue weighted by Gasteiger charge is 2.26. The second-order valence-electron chi connectivity index (χ2n) is 5.23. The molecular formula is C17H19NO3S. The number of methoxy groups -OCH3 is 2. The molecule has 22 heavy (non-hydrogen) atoms. The summed E-state index contributed by atoms with van der Waals surface area (Å²) < 4.78 is 10.4. The molecule has 0 spiro atoms. The second-order valence-corrected chi connectivity index (χ2v) is 6.34. The summed E-state index contributed by atoms with van der Waals surface area (Å²) in [5, 5.41) is 4.21. The van der Waals surface area contributed by atoms with Crippen LogP contribution in [-0.2, 0) is 17.6 Å². The zero-order chi connectivity index (χ0) is 15.5. The first kappa shape index (κ1) is 14.9. The fourth-order valence-electron chi connectivity index (χ4n) is 2.84. The lowest BCUT2D eigenvalue weighted by atomic mass is 9.95. The number of thiophene rings is 1. The highest BCUT2D eigenvalue weighted by molar-refractivity contribution is 7.16. The van der Waals surface area contributed by atoms with Crippen molar-refractivity contribution in [2.75, 3.05) is 19.5 Å². The van der Waals surface area contributed by atoms with Gasteiger partial charge in [-0.1, -0.05) is 12.1 Å². The van der Waals surface area contributed by atoms with Gasteiger partial charge in [-0.2, -0.15) is 0 Å². The summed E-state index contributed by atoms with van der Waals surface area (Å²) in [5.41, 5.74) is 2.70. The lowest BCUT2D eigenvalue weighted by Gasteiger charge is -2.12. The number of rotatable bonds is 4. The van der Waals surface area contributed by atoms with E-state index in [1.807, 2.05) is 24.3 Å². The van der Waals surface area contributed by atoms with Crippen molar-refractivity contribution in [2.24, 2.45) is 0 Å². The average molecular weight is 317 g/mol. The molecule has 0 aliphatic heterocycles. The van der Waals surface area contributed by atoms with Crippen molar-refractivity contribution >= 4 is 28.0 Å². The molecule has 3 rings (SSSR count). The molecular weight excluding hydrogens is 298 g/mol. The number of anilines is 2. The van der Waals surface area contributed by atoms with Gasteiger partial charge in [-0.15, -0.1) is 11.3 Å². The number of nitrogens with one attached hydrogen (secondary N) is 1. The Bertz CT molecular complexity index is 693. The van der Waals surface area contributed by atoms with Crippen molar-refractivity contribution in [3.63, 3.8) is 0 Å². The number of ether oxygens (including phenoxy) is 2. The summed E-state index contributed by atoms with van der Waals surface area (Å²) in [6.07, 6.45) is 4.30. The molecule has 1 N–H and O–H groups in total. The Morgan fingerprint density at radius 1 is 1.18 bits per heavy atom. The Labute approximate surface area is 134 Å². The Balaban J connectivity index is 2.03. The Morgan fingerprint density at radius 3 is 2.73 bits per heavy atom. The zero-order valence-electron chi connectivity index (χ0n) is 12.8. The van der Waals surface area contributed by atoms with Crippen LogP contribution in [0.1, 0.15) is 33.6 Å². The van der Waals surface area contributed by atoms with Crippen LogP contribution in [0.15, 0.2) is 24.3 Å². The van der Waals surface area contributed by atoms with Gasteiger partial charge in [0.05, 0.1) is 25.5 Å². The predicted molar refractivity (Wildman–Crippen MR) is 88.6 cm³/mol. The number of aryl methyl sites for hydroxylation is 1. The molecule has 0 saturated carbocycles. The fourth-order valence-corrected chi connectivity index (χ4v) is 4.13. The summed E-state index contributed by atoms with van der Waals surface area (Å²) in [6.45, 7) is 0. The Kier molecular flexibility index (Phi) is 4.34. The van der Waals surface area contributed by atoms with E-state index in [1.165, 1.54) is 18.4 Å². The fraction of sp³-hybridized carbons (Fsp3) is 0.353. The molecule has 1 aromatic carbocycles. The van der Waals surface area contributed by atoms with Crippen LogP contribution in [0.25, 0.3) is 0 Å². The van der Waals surface area contributed by atoms with Gasteiger partial charge >= 0.3 is 5.97 Å². The minimum Gasteiger partial charge on any atom is -0.495 e. The molecule has 1 aliphatic rings. The summed E-state index contributed by atoms with van der Waals surface area (Å²) in [4.78, 5) is 13.5. The summed E-state index contributed by atoms with van der Waals surface area (Å²) >= 11 is 1.65. The minimum atomic E-state index is -0.267. The molecule has 0 fully saturated rings. The van der Waals surface area contributed by atoms with E-state index in [0.29, 0.717) is 5.56 Å². The van der Waals surface area contributed by atoms with E-state index in [2.05, 4.69) is 5.32 Å². The van der Waals surface area contributed by atoms with Crippen LogP contribution in [0.3, 0.4) is 0 Å². The topological polar surface area (TPSA) is 47.6 Å². The smallest absolute Gasteiger partial charge is 0.341 e. The molecule has 0 saturated heterocycles. The highest BCUT2D eigenvalue weighted by Crippen LogP contribution is 2.41. The van der Waals surface area contributed by atoms with E-state index in [-0.39, 0.29) is 5.97 Å². The molecule has 1 heterocycles. The molecule has 0 atom stereocenters. The van der Waals surface area contributed by atoms with E-state index in [1.54, 1.807) is 18.4 Å². The molecule has 1 aromatic heterocycles.